The monoisotopic (exact) mass is 296 g/mol. The summed E-state index contributed by atoms with van der Waals surface area (Å²) in [7, 11) is 0. The maximum Gasteiger partial charge on any atom is 0.0914 e. The zero-order valence-electron chi connectivity index (χ0n) is 12.9. The third kappa shape index (κ3) is 2.76. The van der Waals surface area contributed by atoms with Crippen LogP contribution in [0.1, 0.15) is 24.5 Å². The quantitative estimate of drug-likeness (QED) is 0.910. The van der Waals surface area contributed by atoms with Crippen molar-refractivity contribution in [3.05, 3.63) is 48.0 Å². The average molecular weight is 296 g/mol. The molecule has 3 heteroatoms. The van der Waals surface area contributed by atoms with Crippen molar-refractivity contribution in [2.24, 2.45) is 5.92 Å². The number of fused-ring (bicyclic) bond motifs is 4. The Bertz CT molecular complexity index is 649. The van der Waals surface area contributed by atoms with Gasteiger partial charge in [-0.1, -0.05) is 36.4 Å². The van der Waals surface area contributed by atoms with Gasteiger partial charge in [0, 0.05) is 19.1 Å². The molecule has 3 aliphatic heterocycles. The standard InChI is InChI=1S/C19H24N2O/c22-19(12-20-18-13-21-9-7-15(18)8-10-21)17-6-5-14-3-1-2-4-16(14)11-17/h1-6,11,15,18-20,22H,7-10,12-13H2/t18-,19+/m0/s1. The van der Waals surface area contributed by atoms with Crippen LogP contribution in [0, 0.1) is 5.92 Å². The molecule has 0 aromatic heterocycles. The van der Waals surface area contributed by atoms with Crippen LogP contribution in [0.25, 0.3) is 10.8 Å². The van der Waals surface area contributed by atoms with Crippen LogP contribution in [0.3, 0.4) is 0 Å². The van der Waals surface area contributed by atoms with Crippen molar-refractivity contribution in [3.8, 4) is 0 Å². The van der Waals surface area contributed by atoms with E-state index in [0.717, 1.165) is 18.0 Å². The normalized spacial score (nSPS) is 28.9. The van der Waals surface area contributed by atoms with Crippen molar-refractivity contribution < 1.29 is 5.11 Å². The molecule has 2 bridgehead atoms. The van der Waals surface area contributed by atoms with E-state index in [1.54, 1.807) is 0 Å². The number of nitrogens with zero attached hydrogens (tertiary/aromatic N) is 1. The van der Waals surface area contributed by atoms with Crippen LogP contribution in [-0.2, 0) is 0 Å². The molecule has 2 aromatic carbocycles. The second-order valence-electron chi connectivity index (χ2n) is 6.78. The van der Waals surface area contributed by atoms with Gasteiger partial charge in [-0.3, -0.25) is 0 Å². The summed E-state index contributed by atoms with van der Waals surface area (Å²) in [5.74, 6) is 0.800. The Labute approximate surface area is 131 Å². The highest BCUT2D eigenvalue weighted by molar-refractivity contribution is 5.83. The fourth-order valence-electron chi connectivity index (χ4n) is 3.99. The smallest absolute Gasteiger partial charge is 0.0914 e. The van der Waals surface area contributed by atoms with Gasteiger partial charge in [-0.2, -0.15) is 0 Å². The summed E-state index contributed by atoms with van der Waals surface area (Å²) < 4.78 is 0. The molecule has 3 nitrogen and oxygen atoms in total. The zero-order valence-corrected chi connectivity index (χ0v) is 12.9. The molecule has 0 radical (unpaired) electrons. The third-order valence-electron chi connectivity index (χ3n) is 5.39. The summed E-state index contributed by atoms with van der Waals surface area (Å²) in [5.41, 5.74) is 1.01. The van der Waals surface area contributed by atoms with Gasteiger partial charge >= 0.3 is 0 Å². The molecule has 2 atom stereocenters. The van der Waals surface area contributed by atoms with Crippen LogP contribution in [0.5, 0.6) is 0 Å². The molecule has 0 saturated carbocycles. The van der Waals surface area contributed by atoms with E-state index in [4.69, 9.17) is 0 Å². The Hall–Kier alpha value is -1.42. The lowest BCUT2D eigenvalue weighted by atomic mass is 9.84. The Morgan fingerprint density at radius 1 is 1.09 bits per heavy atom. The fraction of sp³-hybridized carbons (Fsp3) is 0.474. The van der Waals surface area contributed by atoms with E-state index in [-0.39, 0.29) is 0 Å². The largest absolute Gasteiger partial charge is 0.387 e. The molecule has 3 saturated heterocycles. The molecule has 5 rings (SSSR count). The molecule has 3 heterocycles. The number of hydrogen-bond donors (Lipinski definition) is 2. The van der Waals surface area contributed by atoms with E-state index in [1.807, 2.05) is 18.2 Å². The summed E-state index contributed by atoms with van der Waals surface area (Å²) in [6.07, 6.45) is 2.19. The Morgan fingerprint density at radius 3 is 2.59 bits per heavy atom. The van der Waals surface area contributed by atoms with Crippen LogP contribution < -0.4 is 5.32 Å². The first-order chi connectivity index (χ1) is 10.8. The Morgan fingerprint density at radius 2 is 1.86 bits per heavy atom. The SMILES string of the molecule is O[C@H](CN[C@H]1CN2CCC1CC2)c1ccc2ccccc2c1. The van der Waals surface area contributed by atoms with Crippen LogP contribution >= 0.6 is 0 Å². The summed E-state index contributed by atoms with van der Waals surface area (Å²) in [5, 5.41) is 16.5. The molecule has 116 valence electrons. The van der Waals surface area contributed by atoms with Gasteiger partial charge in [0.25, 0.3) is 0 Å². The van der Waals surface area contributed by atoms with E-state index >= 15 is 0 Å². The van der Waals surface area contributed by atoms with Crippen molar-refractivity contribution >= 4 is 10.8 Å². The topological polar surface area (TPSA) is 35.5 Å². The molecule has 2 aromatic rings. The van der Waals surface area contributed by atoms with Crippen LogP contribution in [0.4, 0.5) is 0 Å². The highest BCUT2D eigenvalue weighted by atomic mass is 16.3. The summed E-state index contributed by atoms with van der Waals surface area (Å²) in [4.78, 5) is 2.54. The second-order valence-corrected chi connectivity index (χ2v) is 6.78. The van der Waals surface area contributed by atoms with Gasteiger partial charge in [0.2, 0.25) is 0 Å². The van der Waals surface area contributed by atoms with Gasteiger partial charge in [-0.05, 0) is 54.3 Å². The number of piperidine rings is 3. The number of benzene rings is 2. The van der Waals surface area contributed by atoms with Gasteiger partial charge in [-0.25, -0.2) is 0 Å². The van der Waals surface area contributed by atoms with E-state index in [9.17, 15) is 5.11 Å². The highest BCUT2D eigenvalue weighted by Crippen LogP contribution is 2.28. The zero-order chi connectivity index (χ0) is 14.9. The minimum absolute atomic E-state index is 0.431. The van der Waals surface area contributed by atoms with Crippen LogP contribution in [-0.4, -0.2) is 42.2 Å². The van der Waals surface area contributed by atoms with Crippen molar-refractivity contribution in [2.75, 3.05) is 26.2 Å². The number of nitrogens with one attached hydrogen (secondary N) is 1. The molecule has 0 spiro atoms. The molecule has 0 unspecified atom stereocenters. The van der Waals surface area contributed by atoms with E-state index in [1.165, 1.54) is 36.7 Å². The predicted molar refractivity (Wildman–Crippen MR) is 89.9 cm³/mol. The van der Waals surface area contributed by atoms with Gasteiger partial charge < -0.3 is 15.3 Å². The molecular formula is C19H24N2O. The fourth-order valence-corrected chi connectivity index (χ4v) is 3.99. The van der Waals surface area contributed by atoms with E-state index in [0.29, 0.717) is 12.6 Å². The van der Waals surface area contributed by atoms with Crippen molar-refractivity contribution in [3.63, 3.8) is 0 Å². The van der Waals surface area contributed by atoms with Gasteiger partial charge in [0.15, 0.2) is 0 Å². The maximum atomic E-state index is 10.5. The number of aliphatic hydroxyl groups is 1. The van der Waals surface area contributed by atoms with Gasteiger partial charge in [0.05, 0.1) is 6.10 Å². The lowest BCUT2D eigenvalue weighted by Crippen LogP contribution is -2.56. The highest BCUT2D eigenvalue weighted by Gasteiger charge is 2.33. The summed E-state index contributed by atoms with van der Waals surface area (Å²) in [6, 6.07) is 15.1. The molecule has 0 aliphatic carbocycles. The van der Waals surface area contributed by atoms with E-state index < -0.39 is 6.10 Å². The van der Waals surface area contributed by atoms with Crippen molar-refractivity contribution in [1.82, 2.24) is 10.2 Å². The number of hydrogen-bond acceptors (Lipinski definition) is 3. The summed E-state index contributed by atoms with van der Waals surface area (Å²) >= 11 is 0. The predicted octanol–water partition coefficient (Wildman–Crippen LogP) is 2.56. The maximum absolute atomic E-state index is 10.5. The van der Waals surface area contributed by atoms with Crippen molar-refractivity contribution in [2.45, 2.75) is 25.0 Å². The van der Waals surface area contributed by atoms with Crippen LogP contribution in [0.2, 0.25) is 0 Å². The first kappa shape index (κ1) is 14.2. The molecule has 0 amide bonds. The van der Waals surface area contributed by atoms with E-state index in [2.05, 4.69) is 34.5 Å². The lowest BCUT2D eigenvalue weighted by Gasteiger charge is -2.45. The Kier molecular flexibility index (Phi) is 3.87. The molecule has 2 N–H and O–H groups in total. The van der Waals surface area contributed by atoms with Gasteiger partial charge in [-0.15, -0.1) is 0 Å². The minimum atomic E-state index is -0.431. The average Bonchev–Trinajstić information content (AvgIpc) is 2.60. The lowest BCUT2D eigenvalue weighted by molar-refractivity contribution is 0.0635. The molecular weight excluding hydrogens is 272 g/mol. The number of aliphatic hydroxyl groups excluding tert-OH is 1. The third-order valence-corrected chi connectivity index (χ3v) is 5.39. The summed E-state index contributed by atoms with van der Waals surface area (Å²) in [6.45, 7) is 4.31. The van der Waals surface area contributed by atoms with Gasteiger partial charge in [0.1, 0.15) is 0 Å². The minimum Gasteiger partial charge on any atom is -0.387 e. The second kappa shape index (κ2) is 5.99. The molecule has 3 aliphatic rings. The number of rotatable bonds is 4. The first-order valence-electron chi connectivity index (χ1n) is 8.42. The van der Waals surface area contributed by atoms with Crippen LogP contribution in [0.15, 0.2) is 42.5 Å². The molecule has 22 heavy (non-hydrogen) atoms. The van der Waals surface area contributed by atoms with Crippen molar-refractivity contribution in [1.29, 1.82) is 0 Å². The molecule has 3 fully saturated rings. The first-order valence-corrected chi connectivity index (χ1v) is 8.42. The Balaban J connectivity index is 1.41.